The summed E-state index contributed by atoms with van der Waals surface area (Å²) in [5, 5.41) is 1.21. The van der Waals surface area contributed by atoms with Crippen LogP contribution in [0.3, 0.4) is 0 Å². The molecule has 0 heterocycles. The van der Waals surface area contributed by atoms with Crippen molar-refractivity contribution in [2.45, 2.75) is 45.6 Å². The molecular weight excluding hydrogens is 252 g/mol. The highest BCUT2D eigenvalue weighted by Gasteiger charge is 2.28. The summed E-state index contributed by atoms with van der Waals surface area (Å²) in [6.45, 7) is 13.0. The Morgan fingerprint density at radius 1 is 1.06 bits per heavy atom. The summed E-state index contributed by atoms with van der Waals surface area (Å²) < 4.78 is 12.0. The van der Waals surface area contributed by atoms with Crippen molar-refractivity contribution in [2.75, 3.05) is 24.8 Å². The van der Waals surface area contributed by atoms with Gasteiger partial charge in [-0.3, -0.25) is 0 Å². The Labute approximate surface area is 108 Å². The number of hydrogen-bond acceptors (Lipinski definition) is 3. The standard InChI is InChI=1S/C11H28O2SSi2/c1-7-12-15(4,5)10-9-13-16(6,8-2)11-14-3/h7-11H2,1-6H3. The number of rotatable bonds is 9. The van der Waals surface area contributed by atoms with Gasteiger partial charge in [0.05, 0.1) is 0 Å². The van der Waals surface area contributed by atoms with Gasteiger partial charge in [-0.2, -0.15) is 11.8 Å². The van der Waals surface area contributed by atoms with E-state index in [1.807, 2.05) is 11.8 Å². The first-order valence-corrected chi connectivity index (χ1v) is 13.5. The monoisotopic (exact) mass is 280 g/mol. The van der Waals surface area contributed by atoms with Crippen molar-refractivity contribution < 1.29 is 8.85 Å². The quantitative estimate of drug-likeness (QED) is 0.599. The molecular formula is C11H28O2SSi2. The summed E-state index contributed by atoms with van der Waals surface area (Å²) in [5.74, 6) is 0. The summed E-state index contributed by atoms with van der Waals surface area (Å²) in [6.07, 6.45) is 2.17. The highest BCUT2D eigenvalue weighted by molar-refractivity contribution is 8.00. The second kappa shape index (κ2) is 7.92. The zero-order valence-corrected chi connectivity index (χ0v) is 14.6. The maximum atomic E-state index is 6.17. The van der Waals surface area contributed by atoms with Crippen LogP contribution in [0.25, 0.3) is 0 Å². The Balaban J connectivity index is 3.94. The normalized spacial score (nSPS) is 16.1. The first-order valence-electron chi connectivity index (χ1n) is 6.16. The van der Waals surface area contributed by atoms with E-state index in [0.29, 0.717) is 0 Å². The molecule has 0 aliphatic heterocycles. The van der Waals surface area contributed by atoms with E-state index in [-0.39, 0.29) is 0 Å². The lowest BCUT2D eigenvalue weighted by Crippen LogP contribution is -2.40. The molecule has 0 aromatic heterocycles. The van der Waals surface area contributed by atoms with Crippen LogP contribution in [-0.4, -0.2) is 41.5 Å². The Kier molecular flexibility index (Phi) is 8.27. The highest BCUT2D eigenvalue weighted by Crippen LogP contribution is 2.18. The molecule has 1 atom stereocenters. The van der Waals surface area contributed by atoms with Gasteiger partial charge in [0.25, 0.3) is 0 Å². The predicted octanol–water partition coefficient (Wildman–Crippen LogP) is 3.74. The largest absolute Gasteiger partial charge is 0.418 e. The molecule has 0 rings (SSSR count). The van der Waals surface area contributed by atoms with Crippen molar-refractivity contribution in [1.82, 2.24) is 0 Å². The molecule has 2 nitrogen and oxygen atoms in total. The van der Waals surface area contributed by atoms with Crippen LogP contribution in [0.4, 0.5) is 0 Å². The van der Waals surface area contributed by atoms with Gasteiger partial charge in [0.15, 0.2) is 16.6 Å². The van der Waals surface area contributed by atoms with E-state index in [0.717, 1.165) is 19.3 Å². The maximum Gasteiger partial charge on any atom is 0.199 e. The zero-order chi connectivity index (χ0) is 12.7. The molecule has 0 radical (unpaired) electrons. The molecule has 1 unspecified atom stereocenters. The molecule has 5 heteroatoms. The van der Waals surface area contributed by atoms with E-state index >= 15 is 0 Å². The predicted molar refractivity (Wildman–Crippen MR) is 80.3 cm³/mol. The lowest BCUT2D eigenvalue weighted by Gasteiger charge is -2.28. The molecule has 0 bridgehead atoms. The smallest absolute Gasteiger partial charge is 0.199 e. The van der Waals surface area contributed by atoms with Crippen molar-refractivity contribution in [1.29, 1.82) is 0 Å². The summed E-state index contributed by atoms with van der Waals surface area (Å²) in [4.78, 5) is 0. The molecule has 0 saturated carbocycles. The lowest BCUT2D eigenvalue weighted by molar-refractivity contribution is 0.295. The maximum absolute atomic E-state index is 6.17. The molecule has 0 saturated heterocycles. The fourth-order valence-electron chi connectivity index (χ4n) is 1.56. The topological polar surface area (TPSA) is 18.5 Å². The SMILES string of the molecule is CCO[Si](C)(C)CCO[Si](C)(CC)CSC. The van der Waals surface area contributed by atoms with Crippen LogP contribution in [0, 0.1) is 0 Å². The molecule has 0 N–H and O–H groups in total. The third-order valence-electron chi connectivity index (χ3n) is 2.89. The first-order chi connectivity index (χ1) is 7.39. The third kappa shape index (κ3) is 7.11. The average Bonchev–Trinajstić information content (AvgIpc) is 2.17. The second-order valence-corrected chi connectivity index (χ2v) is 15.0. The van der Waals surface area contributed by atoms with E-state index in [2.05, 4.69) is 39.7 Å². The molecule has 0 spiro atoms. The van der Waals surface area contributed by atoms with Crippen LogP contribution in [0.5, 0.6) is 0 Å². The van der Waals surface area contributed by atoms with Gasteiger partial charge in [0.2, 0.25) is 0 Å². The van der Waals surface area contributed by atoms with E-state index in [1.54, 1.807) is 0 Å². The van der Waals surface area contributed by atoms with E-state index < -0.39 is 16.6 Å². The number of hydrogen-bond donors (Lipinski definition) is 0. The Bertz CT molecular complexity index is 191. The lowest BCUT2D eigenvalue weighted by atomic mass is 10.9. The van der Waals surface area contributed by atoms with Gasteiger partial charge >= 0.3 is 0 Å². The van der Waals surface area contributed by atoms with Gasteiger partial charge in [0.1, 0.15) is 0 Å². The summed E-state index contributed by atoms with van der Waals surface area (Å²) in [5.41, 5.74) is 0. The van der Waals surface area contributed by atoms with Gasteiger partial charge in [0, 0.05) is 18.6 Å². The molecule has 0 amide bonds. The molecule has 0 aromatic carbocycles. The zero-order valence-electron chi connectivity index (χ0n) is 11.8. The van der Waals surface area contributed by atoms with E-state index in [4.69, 9.17) is 8.85 Å². The molecule has 0 aliphatic rings. The molecule has 98 valence electrons. The van der Waals surface area contributed by atoms with Crippen LogP contribution < -0.4 is 0 Å². The van der Waals surface area contributed by atoms with E-state index in [1.165, 1.54) is 11.4 Å². The van der Waals surface area contributed by atoms with Gasteiger partial charge in [-0.05, 0) is 44.9 Å². The van der Waals surface area contributed by atoms with E-state index in [9.17, 15) is 0 Å². The van der Waals surface area contributed by atoms with Crippen LogP contribution >= 0.6 is 11.8 Å². The Morgan fingerprint density at radius 3 is 2.12 bits per heavy atom. The first kappa shape index (κ1) is 16.7. The van der Waals surface area contributed by atoms with Crippen molar-refractivity contribution in [3.05, 3.63) is 0 Å². The van der Waals surface area contributed by atoms with Crippen LogP contribution in [0.15, 0.2) is 0 Å². The average molecular weight is 281 g/mol. The molecule has 0 fully saturated rings. The molecule has 0 aromatic rings. The van der Waals surface area contributed by atoms with Gasteiger partial charge in [-0.1, -0.05) is 6.92 Å². The third-order valence-corrected chi connectivity index (χ3v) is 11.4. The van der Waals surface area contributed by atoms with Crippen LogP contribution in [-0.2, 0) is 8.85 Å². The van der Waals surface area contributed by atoms with Crippen molar-refractivity contribution in [3.8, 4) is 0 Å². The van der Waals surface area contributed by atoms with Gasteiger partial charge in [-0.15, -0.1) is 0 Å². The van der Waals surface area contributed by atoms with Crippen molar-refractivity contribution >= 4 is 28.4 Å². The minimum absolute atomic E-state index is 0.840. The Morgan fingerprint density at radius 2 is 1.69 bits per heavy atom. The number of thioether (sulfide) groups is 1. The minimum Gasteiger partial charge on any atom is -0.418 e. The minimum atomic E-state index is -1.45. The highest BCUT2D eigenvalue weighted by atomic mass is 32.2. The van der Waals surface area contributed by atoms with Crippen molar-refractivity contribution in [3.63, 3.8) is 0 Å². The van der Waals surface area contributed by atoms with Gasteiger partial charge < -0.3 is 8.85 Å². The summed E-state index contributed by atoms with van der Waals surface area (Å²) >= 11 is 1.92. The van der Waals surface area contributed by atoms with Crippen LogP contribution in [0.2, 0.25) is 31.7 Å². The van der Waals surface area contributed by atoms with Crippen LogP contribution in [0.1, 0.15) is 13.8 Å². The fourth-order valence-corrected chi connectivity index (χ4v) is 7.67. The molecule has 16 heavy (non-hydrogen) atoms. The fraction of sp³-hybridized carbons (Fsp3) is 1.00. The summed E-state index contributed by atoms with van der Waals surface area (Å²) in [6, 6.07) is 2.34. The molecule has 0 aliphatic carbocycles. The Hall–Kier alpha value is 0.704. The summed E-state index contributed by atoms with van der Waals surface area (Å²) in [7, 11) is -2.86. The van der Waals surface area contributed by atoms with Gasteiger partial charge in [-0.25, -0.2) is 0 Å². The second-order valence-electron chi connectivity index (χ2n) is 5.03. The van der Waals surface area contributed by atoms with Crippen molar-refractivity contribution in [2.24, 2.45) is 0 Å².